The molecule has 1 amide bonds. The lowest BCUT2D eigenvalue weighted by molar-refractivity contribution is -0.0617. The number of fused-ring (bicyclic) bond motifs is 2. The highest BCUT2D eigenvalue weighted by Gasteiger charge is 2.45. The van der Waals surface area contributed by atoms with Gasteiger partial charge in [-0.1, -0.05) is 12.8 Å². The fourth-order valence-electron chi connectivity index (χ4n) is 4.15. The van der Waals surface area contributed by atoms with Gasteiger partial charge in [0.05, 0.1) is 12.2 Å². The zero-order valence-electron chi connectivity index (χ0n) is 13.6. The van der Waals surface area contributed by atoms with Crippen molar-refractivity contribution in [1.29, 1.82) is 0 Å². The molecule has 2 bridgehead atoms. The van der Waals surface area contributed by atoms with Crippen molar-refractivity contribution < 1.29 is 14.3 Å². The maximum absolute atomic E-state index is 12.4. The summed E-state index contributed by atoms with van der Waals surface area (Å²) in [4.78, 5) is 14.4. The third-order valence-electron chi connectivity index (χ3n) is 4.98. The van der Waals surface area contributed by atoms with Crippen LogP contribution in [0, 0.1) is 0 Å². The lowest BCUT2D eigenvalue weighted by Crippen LogP contribution is -2.50. The Balaban J connectivity index is 1.57. The minimum Gasteiger partial charge on any atom is -0.444 e. The monoisotopic (exact) mass is 295 g/mol. The number of hydrogen-bond acceptors (Lipinski definition) is 3. The van der Waals surface area contributed by atoms with Crippen LogP contribution in [0.1, 0.15) is 72.1 Å². The summed E-state index contributed by atoms with van der Waals surface area (Å²) in [6.07, 6.45) is 9.97. The summed E-state index contributed by atoms with van der Waals surface area (Å²) in [5.41, 5.74) is -0.409. The molecular weight excluding hydrogens is 266 g/mol. The minimum absolute atomic E-state index is 0.130. The average Bonchev–Trinajstić information content (AvgIpc) is 2.94. The van der Waals surface area contributed by atoms with Crippen LogP contribution in [0.2, 0.25) is 0 Å². The quantitative estimate of drug-likeness (QED) is 0.776. The number of ether oxygens (including phenoxy) is 2. The molecule has 120 valence electrons. The van der Waals surface area contributed by atoms with Crippen LogP contribution in [0.25, 0.3) is 0 Å². The van der Waals surface area contributed by atoms with Crippen molar-refractivity contribution in [3.63, 3.8) is 0 Å². The zero-order valence-corrected chi connectivity index (χ0v) is 13.6. The summed E-state index contributed by atoms with van der Waals surface area (Å²) in [6.45, 7) is 5.80. The van der Waals surface area contributed by atoms with Crippen LogP contribution >= 0.6 is 0 Å². The number of piperidine rings is 1. The molecule has 4 nitrogen and oxygen atoms in total. The van der Waals surface area contributed by atoms with Crippen LogP contribution in [-0.4, -0.2) is 40.9 Å². The molecule has 2 saturated heterocycles. The second-order valence-electron chi connectivity index (χ2n) is 7.91. The highest BCUT2D eigenvalue weighted by molar-refractivity contribution is 5.69. The van der Waals surface area contributed by atoms with Gasteiger partial charge in [0.2, 0.25) is 0 Å². The predicted octanol–water partition coefficient (Wildman–Crippen LogP) is 3.88. The van der Waals surface area contributed by atoms with Gasteiger partial charge in [-0.05, 0) is 59.3 Å². The van der Waals surface area contributed by atoms with Crippen molar-refractivity contribution in [2.75, 3.05) is 0 Å². The van der Waals surface area contributed by atoms with E-state index >= 15 is 0 Å². The molecule has 2 aliphatic heterocycles. The van der Waals surface area contributed by atoms with E-state index in [4.69, 9.17) is 9.47 Å². The highest BCUT2D eigenvalue weighted by Crippen LogP contribution is 2.39. The van der Waals surface area contributed by atoms with E-state index in [-0.39, 0.29) is 6.09 Å². The standard InChI is InChI=1S/C17H29NO3/c1-17(2,3)21-16(19)18-12-8-9-13(18)11-15(10-12)20-14-6-4-5-7-14/h12-15H,4-11H2,1-3H3. The minimum atomic E-state index is -0.409. The van der Waals surface area contributed by atoms with E-state index in [2.05, 4.69) is 0 Å². The molecule has 21 heavy (non-hydrogen) atoms. The summed E-state index contributed by atoms with van der Waals surface area (Å²) >= 11 is 0. The fraction of sp³-hybridized carbons (Fsp3) is 0.941. The van der Waals surface area contributed by atoms with E-state index in [1.807, 2.05) is 25.7 Å². The topological polar surface area (TPSA) is 38.8 Å². The molecule has 0 aromatic heterocycles. The third-order valence-corrected chi connectivity index (χ3v) is 4.98. The van der Waals surface area contributed by atoms with Gasteiger partial charge in [0.15, 0.2) is 0 Å². The SMILES string of the molecule is CC(C)(C)OC(=O)N1C2CCC1CC(OC1CCCC1)C2. The van der Waals surface area contributed by atoms with Crippen LogP contribution < -0.4 is 0 Å². The molecule has 0 aromatic carbocycles. The van der Waals surface area contributed by atoms with Crippen molar-refractivity contribution in [2.45, 2.75) is 102 Å². The summed E-state index contributed by atoms with van der Waals surface area (Å²) in [5, 5.41) is 0. The van der Waals surface area contributed by atoms with Crippen molar-refractivity contribution in [2.24, 2.45) is 0 Å². The Bertz CT molecular complexity index is 370. The number of nitrogens with zero attached hydrogens (tertiary/aromatic N) is 1. The average molecular weight is 295 g/mol. The first-order valence-corrected chi connectivity index (χ1v) is 8.59. The van der Waals surface area contributed by atoms with Gasteiger partial charge in [-0.3, -0.25) is 0 Å². The molecule has 2 heterocycles. The van der Waals surface area contributed by atoms with Gasteiger partial charge in [0.1, 0.15) is 5.60 Å². The summed E-state index contributed by atoms with van der Waals surface area (Å²) in [6, 6.07) is 0.648. The zero-order chi connectivity index (χ0) is 15.0. The molecular formula is C17H29NO3. The molecule has 3 aliphatic rings. The maximum Gasteiger partial charge on any atom is 0.410 e. The van der Waals surface area contributed by atoms with E-state index in [0.29, 0.717) is 24.3 Å². The lowest BCUT2D eigenvalue weighted by atomic mass is 10.00. The van der Waals surface area contributed by atoms with E-state index in [1.54, 1.807) is 0 Å². The lowest BCUT2D eigenvalue weighted by Gasteiger charge is -2.40. The van der Waals surface area contributed by atoms with Crippen LogP contribution in [0.15, 0.2) is 0 Å². The Hall–Kier alpha value is -0.770. The van der Waals surface area contributed by atoms with Crippen molar-refractivity contribution in [3.05, 3.63) is 0 Å². The first-order valence-electron chi connectivity index (χ1n) is 8.59. The van der Waals surface area contributed by atoms with Crippen LogP contribution in [0.3, 0.4) is 0 Å². The number of carbonyl (C=O) groups excluding carboxylic acids is 1. The first-order chi connectivity index (χ1) is 9.92. The van der Waals surface area contributed by atoms with E-state index in [9.17, 15) is 4.79 Å². The second kappa shape index (κ2) is 5.79. The third kappa shape index (κ3) is 3.53. The van der Waals surface area contributed by atoms with Crippen molar-refractivity contribution in [3.8, 4) is 0 Å². The molecule has 0 radical (unpaired) electrons. The molecule has 0 N–H and O–H groups in total. The summed E-state index contributed by atoms with van der Waals surface area (Å²) < 4.78 is 11.9. The van der Waals surface area contributed by atoms with E-state index in [0.717, 1.165) is 25.7 Å². The Morgan fingerprint density at radius 1 is 0.952 bits per heavy atom. The van der Waals surface area contributed by atoms with Gasteiger partial charge in [0, 0.05) is 12.1 Å². The maximum atomic E-state index is 12.4. The van der Waals surface area contributed by atoms with Crippen LogP contribution in [-0.2, 0) is 9.47 Å². The Morgan fingerprint density at radius 3 is 2.05 bits per heavy atom. The normalized spacial score (nSPS) is 33.5. The van der Waals surface area contributed by atoms with Gasteiger partial charge in [-0.2, -0.15) is 0 Å². The Labute approximate surface area is 128 Å². The number of amides is 1. The molecule has 3 fully saturated rings. The Morgan fingerprint density at radius 2 is 1.52 bits per heavy atom. The molecule has 3 rings (SSSR count). The molecule has 1 saturated carbocycles. The number of carbonyl (C=O) groups is 1. The van der Waals surface area contributed by atoms with Crippen LogP contribution in [0.4, 0.5) is 4.79 Å². The van der Waals surface area contributed by atoms with Gasteiger partial charge < -0.3 is 14.4 Å². The van der Waals surface area contributed by atoms with Crippen LogP contribution in [0.5, 0.6) is 0 Å². The largest absolute Gasteiger partial charge is 0.444 e. The molecule has 4 heteroatoms. The molecule has 2 atom stereocenters. The molecule has 2 unspecified atom stereocenters. The van der Waals surface area contributed by atoms with Gasteiger partial charge >= 0.3 is 6.09 Å². The smallest absolute Gasteiger partial charge is 0.410 e. The number of rotatable bonds is 2. The first kappa shape index (κ1) is 15.1. The van der Waals surface area contributed by atoms with Gasteiger partial charge in [0.25, 0.3) is 0 Å². The molecule has 1 aliphatic carbocycles. The van der Waals surface area contributed by atoms with Gasteiger partial charge in [-0.25, -0.2) is 4.79 Å². The van der Waals surface area contributed by atoms with E-state index < -0.39 is 5.60 Å². The molecule has 0 spiro atoms. The number of hydrogen-bond donors (Lipinski definition) is 0. The summed E-state index contributed by atoms with van der Waals surface area (Å²) in [7, 11) is 0. The predicted molar refractivity (Wildman–Crippen MR) is 81.2 cm³/mol. The summed E-state index contributed by atoms with van der Waals surface area (Å²) in [5.74, 6) is 0. The second-order valence-corrected chi connectivity index (χ2v) is 7.91. The van der Waals surface area contributed by atoms with Gasteiger partial charge in [-0.15, -0.1) is 0 Å². The fourth-order valence-corrected chi connectivity index (χ4v) is 4.15. The van der Waals surface area contributed by atoms with Crippen molar-refractivity contribution >= 4 is 6.09 Å². The van der Waals surface area contributed by atoms with Crippen molar-refractivity contribution in [1.82, 2.24) is 4.90 Å². The Kier molecular flexibility index (Phi) is 4.17. The van der Waals surface area contributed by atoms with E-state index in [1.165, 1.54) is 25.7 Å². The molecule has 0 aromatic rings. The highest BCUT2D eigenvalue weighted by atomic mass is 16.6.